The number of carbonyl (C=O) groups excluding carboxylic acids is 1. The lowest BCUT2D eigenvalue weighted by atomic mass is 9.80. The first-order valence-electron chi connectivity index (χ1n) is 16.2. The third-order valence-corrected chi connectivity index (χ3v) is 9.37. The number of hydrogen-bond acceptors (Lipinski definition) is 7. The number of aromatic nitrogens is 2. The van der Waals surface area contributed by atoms with Crippen molar-refractivity contribution in [2.24, 2.45) is 11.8 Å². The maximum Gasteiger partial charge on any atom is 0.416 e. The van der Waals surface area contributed by atoms with Crippen LogP contribution < -0.4 is 4.90 Å². The maximum absolute atomic E-state index is 13.6. The fourth-order valence-electron chi connectivity index (χ4n) is 6.65. The standard InChI is InChI=1S/C35H35F6N5O4/c1-3-45(18-23-6-4-21(5-7-23)12-30(47)48)32-29(44-28(17-43-32)24-10-8-22(16-42)9-11-24)19-46-20(2)31(50-33(46)49)25-13-26(34(36,37)38)15-27(14-25)35(39,40)41/h8-11,13-15,17,20-21,23,31H,3-7,12,18-19H2,1-2H3,(H,47,48)/t20-,21-,23-,31?/m0/s1. The highest BCUT2D eigenvalue weighted by atomic mass is 19.4. The van der Waals surface area contributed by atoms with Gasteiger partial charge in [-0.05, 0) is 87.3 Å². The molecule has 2 aromatic carbocycles. The molecule has 5 rings (SSSR count). The SMILES string of the molecule is CCN(C[C@H]1CC[C@H](CC(=O)O)CC1)c1ncc(-c2ccc(C#N)cc2)nc1CN1C(=O)OC(c2cc(C(F)(F)F)cc(C(F)(F)F)c2)[C@@H]1C. The summed E-state index contributed by atoms with van der Waals surface area (Å²) in [6.07, 6.45) is -7.67. The van der Waals surface area contributed by atoms with Crippen LogP contribution >= 0.6 is 0 Å². The van der Waals surface area contributed by atoms with Crippen LogP contribution in [0.5, 0.6) is 0 Å². The second-order valence-electron chi connectivity index (χ2n) is 12.8. The lowest BCUT2D eigenvalue weighted by Crippen LogP contribution is -2.36. The molecule has 3 aromatic rings. The minimum absolute atomic E-state index is 0.0250. The average Bonchev–Trinajstić information content (AvgIpc) is 3.35. The molecule has 1 aliphatic heterocycles. The normalized spacial score (nSPS) is 21.1. The molecular weight excluding hydrogens is 668 g/mol. The predicted octanol–water partition coefficient (Wildman–Crippen LogP) is 8.24. The number of amides is 1. The summed E-state index contributed by atoms with van der Waals surface area (Å²) < 4.78 is 87.2. The van der Waals surface area contributed by atoms with Crippen LogP contribution in [0.3, 0.4) is 0 Å². The summed E-state index contributed by atoms with van der Waals surface area (Å²) in [7, 11) is 0. The zero-order valence-corrected chi connectivity index (χ0v) is 27.3. The van der Waals surface area contributed by atoms with Crippen molar-refractivity contribution in [1.82, 2.24) is 14.9 Å². The molecule has 1 unspecified atom stereocenters. The van der Waals surface area contributed by atoms with Gasteiger partial charge in [0.05, 0.1) is 47.2 Å². The van der Waals surface area contributed by atoms with Gasteiger partial charge in [0.2, 0.25) is 0 Å². The van der Waals surface area contributed by atoms with E-state index in [0.717, 1.165) is 25.7 Å². The van der Waals surface area contributed by atoms with E-state index in [4.69, 9.17) is 14.7 Å². The molecule has 2 aliphatic rings. The second-order valence-corrected chi connectivity index (χ2v) is 12.8. The van der Waals surface area contributed by atoms with Crippen LogP contribution in [-0.4, -0.2) is 51.2 Å². The number of nitrogens with zero attached hydrogens (tertiary/aromatic N) is 5. The van der Waals surface area contributed by atoms with Gasteiger partial charge >= 0.3 is 24.4 Å². The van der Waals surface area contributed by atoms with Gasteiger partial charge in [0.25, 0.3) is 0 Å². The van der Waals surface area contributed by atoms with Crippen molar-refractivity contribution >= 4 is 17.9 Å². The van der Waals surface area contributed by atoms with Crippen LogP contribution in [0.2, 0.25) is 0 Å². The fourth-order valence-corrected chi connectivity index (χ4v) is 6.65. The Morgan fingerprint density at radius 2 is 1.62 bits per heavy atom. The molecule has 0 bridgehead atoms. The average molecular weight is 704 g/mol. The number of carboxylic acids is 1. The van der Waals surface area contributed by atoms with Crippen molar-refractivity contribution in [3.8, 4) is 17.3 Å². The summed E-state index contributed by atoms with van der Waals surface area (Å²) in [6.45, 7) is 4.26. The van der Waals surface area contributed by atoms with E-state index < -0.39 is 53.3 Å². The molecule has 50 heavy (non-hydrogen) atoms. The van der Waals surface area contributed by atoms with E-state index in [9.17, 15) is 46.3 Å². The number of alkyl halides is 6. The van der Waals surface area contributed by atoms with Gasteiger partial charge in [0.15, 0.2) is 5.82 Å². The fraction of sp³-hybridized carbons (Fsp3) is 0.457. The number of rotatable bonds is 10. The number of benzene rings is 2. The van der Waals surface area contributed by atoms with Gasteiger partial charge in [-0.2, -0.15) is 31.6 Å². The molecule has 2 fully saturated rings. The largest absolute Gasteiger partial charge is 0.481 e. The van der Waals surface area contributed by atoms with Crippen molar-refractivity contribution in [2.75, 3.05) is 18.0 Å². The first-order chi connectivity index (χ1) is 23.6. The Morgan fingerprint density at radius 3 is 2.16 bits per heavy atom. The molecule has 2 atom stereocenters. The molecule has 1 aromatic heterocycles. The Labute approximate surface area is 284 Å². The molecule has 1 N–H and O–H groups in total. The molecule has 15 heteroatoms. The summed E-state index contributed by atoms with van der Waals surface area (Å²) in [4.78, 5) is 37.2. The Kier molecular flexibility index (Phi) is 10.6. The topological polar surface area (TPSA) is 120 Å². The zero-order chi connectivity index (χ0) is 36.4. The van der Waals surface area contributed by atoms with Crippen LogP contribution in [0.25, 0.3) is 11.3 Å². The molecule has 266 valence electrons. The van der Waals surface area contributed by atoms with Crippen molar-refractivity contribution in [1.29, 1.82) is 5.26 Å². The number of carboxylic acid groups (broad SMARTS) is 1. The lowest BCUT2D eigenvalue weighted by Gasteiger charge is -2.33. The van der Waals surface area contributed by atoms with E-state index in [0.29, 0.717) is 53.6 Å². The van der Waals surface area contributed by atoms with Gasteiger partial charge in [0, 0.05) is 25.1 Å². The number of aliphatic carboxylic acids is 1. The highest BCUT2D eigenvalue weighted by molar-refractivity contribution is 5.72. The van der Waals surface area contributed by atoms with Crippen LogP contribution in [0.15, 0.2) is 48.7 Å². The number of halogens is 6. The van der Waals surface area contributed by atoms with Crippen molar-refractivity contribution < 1.29 is 45.8 Å². The van der Waals surface area contributed by atoms with E-state index in [2.05, 4.69) is 0 Å². The van der Waals surface area contributed by atoms with Crippen molar-refractivity contribution in [3.63, 3.8) is 0 Å². The van der Waals surface area contributed by atoms with Gasteiger partial charge in [-0.1, -0.05) is 12.1 Å². The summed E-state index contributed by atoms with van der Waals surface area (Å²) in [5.74, 6) is -0.0340. The van der Waals surface area contributed by atoms with Gasteiger partial charge in [-0.25, -0.2) is 14.8 Å². The van der Waals surface area contributed by atoms with E-state index in [1.54, 1.807) is 30.5 Å². The first-order valence-corrected chi connectivity index (χ1v) is 16.2. The lowest BCUT2D eigenvalue weighted by molar-refractivity contribution is -0.143. The molecule has 0 spiro atoms. The van der Waals surface area contributed by atoms with E-state index >= 15 is 0 Å². The quantitative estimate of drug-likeness (QED) is 0.210. The third kappa shape index (κ3) is 8.28. The highest BCUT2D eigenvalue weighted by Crippen LogP contribution is 2.41. The molecule has 9 nitrogen and oxygen atoms in total. The molecule has 2 heterocycles. The number of anilines is 1. The van der Waals surface area contributed by atoms with E-state index in [-0.39, 0.29) is 30.9 Å². The summed E-state index contributed by atoms with van der Waals surface area (Å²) in [6, 6.07) is 8.80. The van der Waals surface area contributed by atoms with Crippen LogP contribution in [0.1, 0.15) is 80.0 Å². The van der Waals surface area contributed by atoms with Crippen molar-refractivity contribution in [2.45, 2.75) is 77.0 Å². The first kappa shape index (κ1) is 36.4. The predicted molar refractivity (Wildman–Crippen MR) is 168 cm³/mol. The van der Waals surface area contributed by atoms with Gasteiger partial charge in [-0.15, -0.1) is 0 Å². The number of nitriles is 1. The Morgan fingerprint density at radius 1 is 1.02 bits per heavy atom. The highest BCUT2D eigenvalue weighted by Gasteiger charge is 2.44. The number of hydrogen-bond donors (Lipinski definition) is 1. The summed E-state index contributed by atoms with van der Waals surface area (Å²) in [5, 5.41) is 18.4. The monoisotopic (exact) mass is 703 g/mol. The zero-order valence-electron chi connectivity index (χ0n) is 27.3. The van der Waals surface area contributed by atoms with Crippen LogP contribution in [0, 0.1) is 23.2 Å². The Balaban J connectivity index is 1.47. The van der Waals surface area contributed by atoms with E-state index in [1.165, 1.54) is 11.8 Å². The van der Waals surface area contributed by atoms with Crippen LogP contribution in [0.4, 0.5) is 37.0 Å². The second kappa shape index (κ2) is 14.5. The minimum Gasteiger partial charge on any atom is -0.481 e. The van der Waals surface area contributed by atoms with E-state index in [1.807, 2.05) is 17.9 Å². The van der Waals surface area contributed by atoms with Gasteiger partial charge < -0.3 is 14.7 Å². The van der Waals surface area contributed by atoms with Gasteiger partial charge in [-0.3, -0.25) is 9.69 Å². The number of ether oxygens (including phenoxy) is 1. The molecular formula is C35H35F6N5O4. The Bertz CT molecular complexity index is 1720. The smallest absolute Gasteiger partial charge is 0.416 e. The molecule has 1 aliphatic carbocycles. The Hall–Kier alpha value is -4.87. The van der Waals surface area contributed by atoms with Gasteiger partial charge in [0.1, 0.15) is 11.8 Å². The minimum atomic E-state index is -5.07. The maximum atomic E-state index is 13.6. The molecule has 1 saturated carbocycles. The van der Waals surface area contributed by atoms with Crippen molar-refractivity contribution in [3.05, 3.63) is 76.6 Å². The number of carbonyl (C=O) groups is 2. The summed E-state index contributed by atoms with van der Waals surface area (Å²) in [5.41, 5.74) is -1.66. The third-order valence-electron chi connectivity index (χ3n) is 9.37. The number of cyclic esters (lactones) is 1. The van der Waals surface area contributed by atoms with Crippen LogP contribution in [-0.2, 0) is 28.4 Å². The molecule has 0 radical (unpaired) electrons. The molecule has 1 saturated heterocycles. The molecule has 1 amide bonds. The summed E-state index contributed by atoms with van der Waals surface area (Å²) >= 11 is 0.